The van der Waals surface area contributed by atoms with Crippen LogP contribution in [0.15, 0.2) is 34.2 Å². The van der Waals surface area contributed by atoms with Crippen molar-refractivity contribution < 1.29 is 4.79 Å². The van der Waals surface area contributed by atoms with E-state index >= 15 is 0 Å². The molecular formula is C19H20N4OS2. The van der Waals surface area contributed by atoms with Gasteiger partial charge in [0.15, 0.2) is 0 Å². The van der Waals surface area contributed by atoms with Crippen LogP contribution in [-0.4, -0.2) is 33.4 Å². The van der Waals surface area contributed by atoms with Crippen LogP contribution < -0.4 is 4.90 Å². The number of nitrogens with zero attached hydrogens (tertiary/aromatic N) is 4. The van der Waals surface area contributed by atoms with E-state index in [2.05, 4.69) is 29.0 Å². The summed E-state index contributed by atoms with van der Waals surface area (Å²) in [6.45, 7) is 6.49. The molecule has 3 rings (SSSR count). The number of carbonyl (C=O) groups is 1. The number of benzene rings is 1. The van der Waals surface area contributed by atoms with Gasteiger partial charge in [0.25, 0.3) is 0 Å². The number of nitriles is 1. The Morgan fingerprint density at radius 2 is 2.15 bits per heavy atom. The van der Waals surface area contributed by atoms with Gasteiger partial charge >= 0.3 is 0 Å². The maximum atomic E-state index is 12.9. The first-order valence-corrected chi connectivity index (χ1v) is 10.3. The first-order valence-electron chi connectivity index (χ1n) is 8.43. The summed E-state index contributed by atoms with van der Waals surface area (Å²) in [5.74, 6) is 0.898. The average Bonchev–Trinajstić information content (AvgIpc) is 2.77. The zero-order valence-electron chi connectivity index (χ0n) is 15.0. The standard InChI is InChI=1S/C19H20N4OS2/c1-12-8-9-23(16-6-4-5-7-17(16)26-12)18(24)11-25-19-15(10-20)13(2)21-14(3)22-19/h4-7,12H,8-9,11H2,1-3H3. The molecule has 7 heteroatoms. The van der Waals surface area contributed by atoms with Crippen molar-refractivity contribution in [2.45, 2.75) is 42.4 Å². The summed E-state index contributed by atoms with van der Waals surface area (Å²) in [4.78, 5) is 24.5. The molecule has 1 aromatic carbocycles. The predicted molar refractivity (Wildman–Crippen MR) is 106 cm³/mol. The van der Waals surface area contributed by atoms with Gasteiger partial charge in [0, 0.05) is 16.7 Å². The van der Waals surface area contributed by atoms with Crippen molar-refractivity contribution >= 4 is 35.1 Å². The lowest BCUT2D eigenvalue weighted by Crippen LogP contribution is -2.33. The molecule has 0 N–H and O–H groups in total. The number of thioether (sulfide) groups is 2. The lowest BCUT2D eigenvalue weighted by molar-refractivity contribution is -0.116. The molecule has 0 bridgehead atoms. The molecule has 5 nitrogen and oxygen atoms in total. The van der Waals surface area contributed by atoms with E-state index in [1.54, 1.807) is 13.8 Å². The quantitative estimate of drug-likeness (QED) is 0.589. The third kappa shape index (κ3) is 4.02. The van der Waals surface area contributed by atoms with Gasteiger partial charge in [-0.15, -0.1) is 11.8 Å². The van der Waals surface area contributed by atoms with Crippen LogP contribution in [0.25, 0.3) is 0 Å². The van der Waals surface area contributed by atoms with Gasteiger partial charge in [-0.25, -0.2) is 9.97 Å². The van der Waals surface area contributed by atoms with E-state index in [0.29, 0.717) is 33.9 Å². The van der Waals surface area contributed by atoms with E-state index < -0.39 is 0 Å². The molecule has 2 aromatic rings. The molecule has 1 unspecified atom stereocenters. The summed E-state index contributed by atoms with van der Waals surface area (Å²) in [6.07, 6.45) is 0.949. The minimum atomic E-state index is 0.0370. The number of aromatic nitrogens is 2. The Labute approximate surface area is 162 Å². The fraction of sp³-hybridized carbons (Fsp3) is 0.368. The smallest absolute Gasteiger partial charge is 0.237 e. The van der Waals surface area contributed by atoms with E-state index in [4.69, 9.17) is 0 Å². The van der Waals surface area contributed by atoms with Crippen LogP contribution in [0.1, 0.15) is 30.4 Å². The molecule has 0 saturated heterocycles. The maximum absolute atomic E-state index is 12.9. The van der Waals surface area contributed by atoms with E-state index in [0.717, 1.165) is 17.0 Å². The van der Waals surface area contributed by atoms with Crippen LogP contribution in [0.2, 0.25) is 0 Å². The molecule has 1 atom stereocenters. The molecule has 0 spiro atoms. The first kappa shape index (κ1) is 18.7. The number of fused-ring (bicyclic) bond motifs is 1. The zero-order chi connectivity index (χ0) is 18.7. The van der Waals surface area contributed by atoms with Gasteiger partial charge in [-0.2, -0.15) is 5.26 Å². The SMILES string of the molecule is Cc1nc(C)c(C#N)c(SCC(=O)N2CCC(C)Sc3ccccc32)n1. The summed E-state index contributed by atoms with van der Waals surface area (Å²) >= 11 is 3.13. The highest BCUT2D eigenvalue weighted by Crippen LogP contribution is 2.37. The van der Waals surface area contributed by atoms with Gasteiger partial charge in [-0.05, 0) is 32.4 Å². The van der Waals surface area contributed by atoms with Crippen molar-refractivity contribution in [3.05, 3.63) is 41.3 Å². The van der Waals surface area contributed by atoms with Crippen molar-refractivity contribution in [2.75, 3.05) is 17.2 Å². The van der Waals surface area contributed by atoms with Crippen molar-refractivity contribution in [3.63, 3.8) is 0 Å². The van der Waals surface area contributed by atoms with Crippen molar-refractivity contribution in [3.8, 4) is 6.07 Å². The number of para-hydroxylation sites is 1. The molecule has 0 aliphatic carbocycles. The molecule has 0 radical (unpaired) electrons. The second-order valence-corrected chi connectivity index (χ2v) is 8.61. The Bertz CT molecular complexity index is 878. The fourth-order valence-corrected chi connectivity index (χ4v) is 4.93. The Morgan fingerprint density at radius 1 is 1.38 bits per heavy atom. The van der Waals surface area contributed by atoms with Crippen LogP contribution in [0.4, 0.5) is 5.69 Å². The van der Waals surface area contributed by atoms with Crippen molar-refractivity contribution in [1.82, 2.24) is 9.97 Å². The zero-order valence-corrected chi connectivity index (χ0v) is 16.7. The third-order valence-corrected chi connectivity index (χ3v) is 6.35. The number of anilines is 1. The second kappa shape index (κ2) is 8.11. The Kier molecular flexibility index (Phi) is 5.84. The lowest BCUT2D eigenvalue weighted by atomic mass is 10.2. The van der Waals surface area contributed by atoms with Crippen molar-refractivity contribution in [1.29, 1.82) is 5.26 Å². The summed E-state index contributed by atoms with van der Waals surface area (Å²) in [5, 5.41) is 10.4. The highest BCUT2D eigenvalue weighted by molar-refractivity contribution is 8.00. The van der Waals surface area contributed by atoms with Gasteiger partial charge in [0.05, 0.1) is 17.1 Å². The van der Waals surface area contributed by atoms with Crippen LogP contribution in [0, 0.1) is 25.2 Å². The van der Waals surface area contributed by atoms with E-state index in [9.17, 15) is 10.1 Å². The molecule has 2 heterocycles. The van der Waals surface area contributed by atoms with E-state index in [-0.39, 0.29) is 11.7 Å². The predicted octanol–water partition coefficient (Wildman–Crippen LogP) is 3.97. The Balaban J connectivity index is 1.80. The largest absolute Gasteiger partial charge is 0.311 e. The number of hydrogen-bond donors (Lipinski definition) is 0. The van der Waals surface area contributed by atoms with Crippen molar-refractivity contribution in [2.24, 2.45) is 0 Å². The molecule has 1 aliphatic heterocycles. The molecule has 26 heavy (non-hydrogen) atoms. The number of rotatable bonds is 3. The maximum Gasteiger partial charge on any atom is 0.237 e. The molecule has 0 saturated carbocycles. The second-order valence-electron chi connectivity index (χ2n) is 6.17. The van der Waals surface area contributed by atoms with Crippen LogP contribution in [0.5, 0.6) is 0 Å². The molecular weight excluding hydrogens is 364 g/mol. The third-order valence-electron chi connectivity index (χ3n) is 4.16. The first-order chi connectivity index (χ1) is 12.5. The van der Waals surface area contributed by atoms with Crippen LogP contribution in [0.3, 0.4) is 0 Å². The number of amides is 1. The monoisotopic (exact) mass is 384 g/mol. The normalized spacial score (nSPS) is 16.5. The van der Waals surface area contributed by atoms with Gasteiger partial charge in [-0.1, -0.05) is 30.8 Å². The number of aryl methyl sites for hydroxylation is 2. The average molecular weight is 385 g/mol. The summed E-state index contributed by atoms with van der Waals surface area (Å²) < 4.78 is 0. The minimum Gasteiger partial charge on any atom is -0.311 e. The highest BCUT2D eigenvalue weighted by Gasteiger charge is 2.24. The molecule has 134 valence electrons. The van der Waals surface area contributed by atoms with Crippen LogP contribution >= 0.6 is 23.5 Å². The van der Waals surface area contributed by atoms with Gasteiger partial charge in [0.2, 0.25) is 5.91 Å². The summed E-state index contributed by atoms with van der Waals surface area (Å²) in [7, 11) is 0. The molecule has 1 aliphatic rings. The highest BCUT2D eigenvalue weighted by atomic mass is 32.2. The fourth-order valence-electron chi connectivity index (χ4n) is 2.87. The van der Waals surface area contributed by atoms with Gasteiger partial charge < -0.3 is 4.90 Å². The number of hydrogen-bond acceptors (Lipinski definition) is 6. The topological polar surface area (TPSA) is 69.9 Å². The minimum absolute atomic E-state index is 0.0370. The van der Waals surface area contributed by atoms with Gasteiger partial charge in [0.1, 0.15) is 22.5 Å². The number of carbonyl (C=O) groups excluding carboxylic acids is 1. The summed E-state index contributed by atoms with van der Waals surface area (Å²) in [6, 6.07) is 10.2. The van der Waals surface area contributed by atoms with Gasteiger partial charge in [-0.3, -0.25) is 4.79 Å². The summed E-state index contributed by atoms with van der Waals surface area (Å²) in [5.41, 5.74) is 2.08. The Hall–Kier alpha value is -2.04. The Morgan fingerprint density at radius 3 is 2.92 bits per heavy atom. The van der Waals surface area contributed by atoms with E-state index in [1.165, 1.54) is 11.8 Å². The van der Waals surface area contributed by atoms with E-state index in [1.807, 2.05) is 34.9 Å². The molecule has 1 aromatic heterocycles. The molecule has 1 amide bonds. The molecule has 0 fully saturated rings. The van der Waals surface area contributed by atoms with Crippen LogP contribution in [-0.2, 0) is 4.79 Å². The lowest BCUT2D eigenvalue weighted by Gasteiger charge is -2.22.